The summed E-state index contributed by atoms with van der Waals surface area (Å²) in [5.41, 5.74) is 4.71. The van der Waals surface area contributed by atoms with Crippen LogP contribution in [0.25, 0.3) is 12.2 Å². The predicted molar refractivity (Wildman–Crippen MR) is 114 cm³/mol. The van der Waals surface area contributed by atoms with E-state index in [-0.39, 0.29) is 5.91 Å². The Morgan fingerprint density at radius 3 is 2.76 bits per heavy atom. The Kier molecular flexibility index (Phi) is 5.25. The highest BCUT2D eigenvalue weighted by Crippen LogP contribution is 2.29. The zero-order valence-corrected chi connectivity index (χ0v) is 16.6. The SMILES string of the molecule is CCCN1C(=O)/C(=C/c2ccc3c(c2)CCN3C)N=C1/C=C/c1ccc(F)nc1. The molecule has 0 saturated heterocycles. The number of carbonyl (C=O) groups excluding carboxylic acids is 1. The lowest BCUT2D eigenvalue weighted by molar-refractivity contribution is -0.122. The van der Waals surface area contributed by atoms with Crippen molar-refractivity contribution in [1.29, 1.82) is 0 Å². The quantitative estimate of drug-likeness (QED) is 0.574. The maximum absolute atomic E-state index is 13.0. The van der Waals surface area contributed by atoms with E-state index in [1.54, 1.807) is 23.1 Å². The monoisotopic (exact) mass is 390 g/mol. The summed E-state index contributed by atoms with van der Waals surface area (Å²) in [4.78, 5) is 25.0. The van der Waals surface area contributed by atoms with Crippen LogP contribution >= 0.6 is 0 Å². The van der Waals surface area contributed by atoms with Gasteiger partial charge in [-0.2, -0.15) is 4.39 Å². The number of likely N-dealkylation sites (N-methyl/N-ethyl adjacent to an activating group) is 1. The first kappa shape index (κ1) is 19.1. The van der Waals surface area contributed by atoms with Crippen molar-refractivity contribution in [3.63, 3.8) is 0 Å². The highest BCUT2D eigenvalue weighted by atomic mass is 19.1. The molecular weight excluding hydrogens is 367 g/mol. The molecule has 6 heteroatoms. The number of pyridine rings is 1. The third kappa shape index (κ3) is 3.97. The molecule has 0 fully saturated rings. The second-order valence-electron chi connectivity index (χ2n) is 7.26. The first-order valence-corrected chi connectivity index (χ1v) is 9.81. The standard InChI is InChI=1S/C23H23FN4O/c1-3-11-28-22(9-6-16-5-8-21(24)25-15-16)26-19(23(28)29)14-17-4-7-20-18(13-17)10-12-27(20)2/h4-9,13-15H,3,10-12H2,1-2H3/b9-6+,19-14-. The number of anilines is 1. The summed E-state index contributed by atoms with van der Waals surface area (Å²) in [6.45, 7) is 3.64. The zero-order chi connectivity index (χ0) is 20.4. The van der Waals surface area contributed by atoms with E-state index < -0.39 is 5.95 Å². The van der Waals surface area contributed by atoms with Gasteiger partial charge in [-0.25, -0.2) is 9.98 Å². The van der Waals surface area contributed by atoms with Crippen LogP contribution in [-0.2, 0) is 11.2 Å². The normalized spacial score (nSPS) is 17.6. The molecule has 3 heterocycles. The maximum Gasteiger partial charge on any atom is 0.278 e. The van der Waals surface area contributed by atoms with Crippen LogP contribution in [0.5, 0.6) is 0 Å². The Morgan fingerprint density at radius 2 is 2.00 bits per heavy atom. The van der Waals surface area contributed by atoms with Gasteiger partial charge in [0.25, 0.3) is 5.91 Å². The number of benzene rings is 1. The van der Waals surface area contributed by atoms with Crippen molar-refractivity contribution in [2.45, 2.75) is 19.8 Å². The van der Waals surface area contributed by atoms with Crippen LogP contribution < -0.4 is 4.90 Å². The summed E-state index contributed by atoms with van der Waals surface area (Å²) >= 11 is 0. The third-order valence-corrected chi connectivity index (χ3v) is 5.13. The number of halogens is 1. The summed E-state index contributed by atoms with van der Waals surface area (Å²) in [6.07, 6.45) is 8.71. The molecule has 0 aliphatic carbocycles. The van der Waals surface area contributed by atoms with Gasteiger partial charge in [0.2, 0.25) is 5.95 Å². The lowest BCUT2D eigenvalue weighted by Gasteiger charge is -2.14. The van der Waals surface area contributed by atoms with Crippen molar-refractivity contribution >= 4 is 29.6 Å². The number of rotatable bonds is 5. The van der Waals surface area contributed by atoms with Gasteiger partial charge in [0.1, 0.15) is 11.5 Å². The largest absolute Gasteiger partial charge is 0.374 e. The number of aromatic nitrogens is 1. The van der Waals surface area contributed by atoms with Crippen molar-refractivity contribution in [2.75, 3.05) is 25.0 Å². The smallest absolute Gasteiger partial charge is 0.278 e. The number of hydrogen-bond donors (Lipinski definition) is 0. The second kappa shape index (κ2) is 7.99. The third-order valence-electron chi connectivity index (χ3n) is 5.13. The van der Waals surface area contributed by atoms with Gasteiger partial charge in [0, 0.05) is 32.0 Å². The van der Waals surface area contributed by atoms with Gasteiger partial charge in [-0.05, 0) is 72.0 Å². The summed E-state index contributed by atoms with van der Waals surface area (Å²) in [5.74, 6) is -0.0245. The molecule has 0 unspecified atom stereocenters. The van der Waals surface area contributed by atoms with Gasteiger partial charge in [-0.1, -0.05) is 13.0 Å². The fraction of sp³-hybridized carbons (Fsp3) is 0.261. The average Bonchev–Trinajstić information content (AvgIpc) is 3.22. The van der Waals surface area contributed by atoms with Crippen molar-refractivity contribution < 1.29 is 9.18 Å². The average molecular weight is 390 g/mol. The van der Waals surface area contributed by atoms with Crippen molar-refractivity contribution in [2.24, 2.45) is 4.99 Å². The molecule has 148 valence electrons. The Balaban J connectivity index is 1.62. The van der Waals surface area contributed by atoms with E-state index in [0.717, 1.165) is 30.5 Å². The van der Waals surface area contributed by atoms with Crippen molar-refractivity contribution in [3.8, 4) is 0 Å². The van der Waals surface area contributed by atoms with Crippen LogP contribution in [0.2, 0.25) is 0 Å². The lowest BCUT2D eigenvalue weighted by atomic mass is 10.1. The van der Waals surface area contributed by atoms with E-state index in [1.165, 1.54) is 23.5 Å². The van der Waals surface area contributed by atoms with Crippen LogP contribution in [0.4, 0.5) is 10.1 Å². The molecule has 0 bridgehead atoms. The number of fused-ring (bicyclic) bond motifs is 1. The highest BCUT2D eigenvalue weighted by molar-refractivity contribution is 6.18. The van der Waals surface area contributed by atoms with Crippen LogP contribution in [0, 0.1) is 5.95 Å². The molecule has 2 aliphatic heterocycles. The molecule has 29 heavy (non-hydrogen) atoms. The van der Waals surface area contributed by atoms with Crippen molar-refractivity contribution in [1.82, 2.24) is 9.88 Å². The van der Waals surface area contributed by atoms with E-state index in [0.29, 0.717) is 18.1 Å². The van der Waals surface area contributed by atoms with Crippen molar-refractivity contribution in [3.05, 3.63) is 70.9 Å². The molecule has 1 aromatic heterocycles. The van der Waals surface area contributed by atoms with Crippen LogP contribution in [0.15, 0.2) is 53.3 Å². The minimum absolute atomic E-state index is 0.0960. The summed E-state index contributed by atoms with van der Waals surface area (Å²) in [5, 5.41) is 0. The number of amidine groups is 1. The summed E-state index contributed by atoms with van der Waals surface area (Å²) in [6, 6.07) is 9.21. The number of hydrogen-bond acceptors (Lipinski definition) is 4. The van der Waals surface area contributed by atoms with E-state index in [4.69, 9.17) is 0 Å². The molecule has 2 aromatic rings. The number of carbonyl (C=O) groups is 1. The van der Waals surface area contributed by atoms with Crippen LogP contribution in [-0.4, -0.2) is 41.8 Å². The first-order chi connectivity index (χ1) is 14.0. The molecule has 1 amide bonds. The molecule has 4 rings (SSSR count). The predicted octanol–water partition coefficient (Wildman–Crippen LogP) is 3.92. The topological polar surface area (TPSA) is 48.8 Å². The van der Waals surface area contributed by atoms with Crippen LogP contribution in [0.3, 0.4) is 0 Å². The van der Waals surface area contributed by atoms with E-state index in [9.17, 15) is 9.18 Å². The van der Waals surface area contributed by atoms with Gasteiger partial charge in [-0.15, -0.1) is 0 Å². The van der Waals surface area contributed by atoms with Gasteiger partial charge < -0.3 is 4.90 Å². The molecule has 0 N–H and O–H groups in total. The molecular formula is C23H23FN4O. The minimum Gasteiger partial charge on any atom is -0.374 e. The van der Waals surface area contributed by atoms with Gasteiger partial charge in [-0.3, -0.25) is 9.69 Å². The van der Waals surface area contributed by atoms with Gasteiger partial charge in [0.05, 0.1) is 0 Å². The molecule has 0 radical (unpaired) electrons. The van der Waals surface area contributed by atoms with Crippen LogP contribution in [0.1, 0.15) is 30.0 Å². The lowest BCUT2D eigenvalue weighted by Crippen LogP contribution is -2.31. The zero-order valence-electron chi connectivity index (χ0n) is 16.6. The molecule has 1 aromatic carbocycles. The Bertz CT molecular complexity index is 1020. The molecule has 0 saturated carbocycles. The van der Waals surface area contributed by atoms with E-state index in [1.807, 2.05) is 19.1 Å². The summed E-state index contributed by atoms with van der Waals surface area (Å²) < 4.78 is 13.0. The van der Waals surface area contributed by atoms with E-state index in [2.05, 4.69) is 34.1 Å². The molecule has 0 atom stereocenters. The fourth-order valence-electron chi connectivity index (χ4n) is 3.63. The minimum atomic E-state index is -0.520. The Hall–Kier alpha value is -3.28. The summed E-state index contributed by atoms with van der Waals surface area (Å²) in [7, 11) is 2.09. The molecule has 2 aliphatic rings. The second-order valence-corrected chi connectivity index (χ2v) is 7.26. The van der Waals surface area contributed by atoms with Gasteiger partial charge in [0.15, 0.2) is 0 Å². The van der Waals surface area contributed by atoms with E-state index >= 15 is 0 Å². The number of nitrogens with zero attached hydrogens (tertiary/aromatic N) is 4. The Labute approximate surface area is 169 Å². The molecule has 0 spiro atoms. The highest BCUT2D eigenvalue weighted by Gasteiger charge is 2.28. The first-order valence-electron chi connectivity index (χ1n) is 9.81. The number of amides is 1. The fourth-order valence-corrected chi connectivity index (χ4v) is 3.63. The Morgan fingerprint density at radius 1 is 1.17 bits per heavy atom. The number of aliphatic imine (C=N–C) groups is 1. The van der Waals surface area contributed by atoms with Gasteiger partial charge >= 0.3 is 0 Å². The molecule has 5 nitrogen and oxygen atoms in total. The maximum atomic E-state index is 13.0.